The van der Waals surface area contributed by atoms with E-state index in [9.17, 15) is 4.79 Å². The Morgan fingerprint density at radius 3 is 2.56 bits per heavy atom. The number of hydrogen-bond donors (Lipinski definition) is 2. The second-order valence-corrected chi connectivity index (χ2v) is 9.49. The largest absolute Gasteiger partial charge is 0.360 e. The quantitative estimate of drug-likeness (QED) is 0.549. The van der Waals surface area contributed by atoms with Gasteiger partial charge >= 0.3 is 0 Å². The summed E-state index contributed by atoms with van der Waals surface area (Å²) in [5, 5.41) is 7.44. The van der Waals surface area contributed by atoms with Gasteiger partial charge in [0.1, 0.15) is 0 Å². The van der Waals surface area contributed by atoms with Gasteiger partial charge in [-0.2, -0.15) is 0 Å². The summed E-state index contributed by atoms with van der Waals surface area (Å²) in [6, 6.07) is 15.5. The average molecular weight is 471 g/mol. The highest BCUT2D eigenvalue weighted by molar-refractivity contribution is 7.80. The summed E-state index contributed by atoms with van der Waals surface area (Å²) < 4.78 is 0. The fourth-order valence-electron chi connectivity index (χ4n) is 3.76. The number of benzodiazepines with no additional fused rings is 1. The van der Waals surface area contributed by atoms with Gasteiger partial charge in [-0.25, -0.2) is 4.99 Å². The maximum atomic E-state index is 13.3. The number of likely N-dealkylation sites (N-methyl/N-ethyl adjacent to an activating group) is 1. The Kier molecular flexibility index (Phi) is 8.26. The normalized spacial score (nSPS) is 16.8. The zero-order chi connectivity index (χ0) is 23.3. The van der Waals surface area contributed by atoms with Gasteiger partial charge in [0.15, 0.2) is 5.11 Å². The zero-order valence-corrected chi connectivity index (χ0v) is 20.6. The molecule has 1 aliphatic rings. The number of benzene rings is 2. The summed E-state index contributed by atoms with van der Waals surface area (Å²) in [4.78, 5) is 19.7. The van der Waals surface area contributed by atoms with Crippen LogP contribution in [0, 0.1) is 5.92 Å². The lowest BCUT2D eigenvalue weighted by Gasteiger charge is -2.23. The van der Waals surface area contributed by atoms with Crippen LogP contribution in [-0.2, 0) is 4.79 Å². The number of nitrogens with zero attached hydrogens (tertiary/aromatic N) is 2. The molecule has 0 aromatic heterocycles. The smallest absolute Gasteiger partial charge is 0.272 e. The van der Waals surface area contributed by atoms with E-state index in [1.54, 1.807) is 18.0 Å². The number of halogens is 1. The van der Waals surface area contributed by atoms with E-state index in [2.05, 4.69) is 31.4 Å². The number of thiocarbonyl (C=S) groups is 1. The Bertz CT molecular complexity index is 993. The Balaban J connectivity index is 1.85. The second kappa shape index (κ2) is 10.9. The van der Waals surface area contributed by atoms with Gasteiger partial charge in [-0.3, -0.25) is 4.79 Å². The van der Waals surface area contributed by atoms with E-state index in [0.29, 0.717) is 21.8 Å². The van der Waals surface area contributed by atoms with Crippen molar-refractivity contribution in [3.63, 3.8) is 0 Å². The molecule has 2 unspecified atom stereocenters. The van der Waals surface area contributed by atoms with Crippen molar-refractivity contribution >= 4 is 46.2 Å². The molecule has 2 aromatic rings. The molecule has 0 saturated carbocycles. The highest BCUT2D eigenvalue weighted by Crippen LogP contribution is 2.29. The third-order valence-electron chi connectivity index (χ3n) is 5.51. The molecule has 2 atom stereocenters. The minimum absolute atomic E-state index is 0.184. The number of carbonyl (C=O) groups excluding carboxylic acids is 1. The molecule has 1 amide bonds. The van der Waals surface area contributed by atoms with Crippen LogP contribution < -0.4 is 15.5 Å². The summed E-state index contributed by atoms with van der Waals surface area (Å²) in [7, 11) is 1.75. The standard InChI is InChI=1S/C25H31ClN4OS/c1-16(2)9-8-10-17(3)27-25(32)29-23-24(31)30(4)21-14-13-19(26)15-20(21)22(28-23)18-11-6-5-7-12-18/h5-7,11-17,23H,8-10H2,1-4H3,(H2,27,29,32). The molecular formula is C25H31ClN4OS. The molecule has 2 aromatic carbocycles. The SMILES string of the molecule is CC(C)CCCC(C)NC(=S)NC1N=C(c2ccccc2)c2cc(Cl)ccc2N(C)C1=O. The molecule has 3 rings (SSSR count). The van der Waals surface area contributed by atoms with Gasteiger partial charge in [0.25, 0.3) is 5.91 Å². The van der Waals surface area contributed by atoms with Gasteiger partial charge in [-0.05, 0) is 49.7 Å². The fourth-order valence-corrected chi connectivity index (χ4v) is 4.25. The van der Waals surface area contributed by atoms with Crippen LogP contribution in [0.1, 0.15) is 51.2 Å². The topological polar surface area (TPSA) is 56.7 Å². The maximum absolute atomic E-state index is 13.3. The highest BCUT2D eigenvalue weighted by atomic mass is 35.5. The van der Waals surface area contributed by atoms with E-state index >= 15 is 0 Å². The lowest BCUT2D eigenvalue weighted by atomic mass is 10.0. The third-order valence-corrected chi connectivity index (χ3v) is 5.98. The number of carbonyl (C=O) groups is 1. The molecule has 0 bridgehead atoms. The highest BCUT2D eigenvalue weighted by Gasteiger charge is 2.30. The zero-order valence-electron chi connectivity index (χ0n) is 19.1. The molecule has 0 fully saturated rings. The molecule has 0 saturated heterocycles. The maximum Gasteiger partial charge on any atom is 0.272 e. The van der Waals surface area contributed by atoms with Crippen molar-refractivity contribution in [2.75, 3.05) is 11.9 Å². The predicted octanol–water partition coefficient (Wildman–Crippen LogP) is 5.16. The minimum atomic E-state index is -0.843. The molecule has 0 spiro atoms. The van der Waals surface area contributed by atoms with Crippen molar-refractivity contribution in [1.82, 2.24) is 10.6 Å². The molecule has 32 heavy (non-hydrogen) atoms. The third kappa shape index (κ3) is 6.08. The lowest BCUT2D eigenvalue weighted by Crippen LogP contribution is -2.50. The second-order valence-electron chi connectivity index (χ2n) is 8.65. The number of hydrogen-bond acceptors (Lipinski definition) is 3. The molecule has 1 heterocycles. The Hall–Kier alpha value is -2.44. The van der Waals surface area contributed by atoms with E-state index < -0.39 is 6.17 Å². The number of nitrogens with one attached hydrogen (secondary N) is 2. The summed E-state index contributed by atoms with van der Waals surface area (Å²) in [6.45, 7) is 6.56. The molecular weight excluding hydrogens is 440 g/mol. The van der Waals surface area contributed by atoms with Crippen LogP contribution in [0.2, 0.25) is 5.02 Å². The van der Waals surface area contributed by atoms with Crippen LogP contribution in [0.15, 0.2) is 53.5 Å². The van der Waals surface area contributed by atoms with Crippen LogP contribution in [0.25, 0.3) is 0 Å². The summed E-state index contributed by atoms with van der Waals surface area (Å²) in [6.07, 6.45) is 2.49. The first-order chi connectivity index (χ1) is 15.3. The van der Waals surface area contributed by atoms with E-state index in [-0.39, 0.29) is 11.9 Å². The average Bonchev–Trinajstić information content (AvgIpc) is 2.84. The molecule has 2 N–H and O–H groups in total. The van der Waals surface area contributed by atoms with Crippen molar-refractivity contribution < 1.29 is 4.79 Å². The summed E-state index contributed by atoms with van der Waals surface area (Å²) >= 11 is 11.8. The van der Waals surface area contributed by atoms with Crippen molar-refractivity contribution in [3.8, 4) is 0 Å². The number of aliphatic imine (C=N–C) groups is 1. The van der Waals surface area contributed by atoms with E-state index in [4.69, 9.17) is 28.8 Å². The molecule has 7 heteroatoms. The first-order valence-electron chi connectivity index (χ1n) is 11.0. The summed E-state index contributed by atoms with van der Waals surface area (Å²) in [5.74, 6) is 0.503. The number of rotatable bonds is 7. The lowest BCUT2D eigenvalue weighted by molar-refractivity contribution is -0.119. The summed E-state index contributed by atoms with van der Waals surface area (Å²) in [5.41, 5.74) is 3.18. The molecule has 1 aliphatic heterocycles. The van der Waals surface area contributed by atoms with Gasteiger partial charge in [0.2, 0.25) is 6.17 Å². The monoisotopic (exact) mass is 470 g/mol. The first kappa shape index (κ1) is 24.2. The van der Waals surface area contributed by atoms with Crippen molar-refractivity contribution in [3.05, 3.63) is 64.7 Å². The van der Waals surface area contributed by atoms with Gasteiger partial charge in [-0.1, -0.05) is 68.6 Å². The molecule has 0 aliphatic carbocycles. The van der Waals surface area contributed by atoms with Crippen molar-refractivity contribution in [2.24, 2.45) is 10.9 Å². The molecule has 5 nitrogen and oxygen atoms in total. The van der Waals surface area contributed by atoms with E-state index in [1.807, 2.05) is 42.5 Å². The van der Waals surface area contributed by atoms with Gasteiger partial charge < -0.3 is 15.5 Å². The van der Waals surface area contributed by atoms with Gasteiger partial charge in [0.05, 0.1) is 11.4 Å². The van der Waals surface area contributed by atoms with E-state index in [0.717, 1.165) is 29.7 Å². The Morgan fingerprint density at radius 1 is 1.16 bits per heavy atom. The molecule has 0 radical (unpaired) electrons. The van der Waals surface area contributed by atoms with Crippen LogP contribution in [0.5, 0.6) is 0 Å². The van der Waals surface area contributed by atoms with Crippen LogP contribution in [0.3, 0.4) is 0 Å². The number of amides is 1. The van der Waals surface area contributed by atoms with Crippen LogP contribution >= 0.6 is 23.8 Å². The minimum Gasteiger partial charge on any atom is -0.360 e. The number of anilines is 1. The predicted molar refractivity (Wildman–Crippen MR) is 138 cm³/mol. The Morgan fingerprint density at radius 2 is 1.88 bits per heavy atom. The van der Waals surface area contributed by atoms with Gasteiger partial charge in [-0.15, -0.1) is 0 Å². The molecule has 170 valence electrons. The first-order valence-corrected chi connectivity index (χ1v) is 11.8. The van der Waals surface area contributed by atoms with Crippen molar-refractivity contribution in [2.45, 2.75) is 52.2 Å². The van der Waals surface area contributed by atoms with Crippen LogP contribution in [0.4, 0.5) is 5.69 Å². The van der Waals surface area contributed by atoms with E-state index in [1.165, 1.54) is 6.42 Å². The van der Waals surface area contributed by atoms with Crippen molar-refractivity contribution in [1.29, 1.82) is 0 Å². The van der Waals surface area contributed by atoms with Crippen LogP contribution in [-0.4, -0.2) is 36.0 Å². The Labute approximate surface area is 201 Å². The fraction of sp³-hybridized carbons (Fsp3) is 0.400. The number of fused-ring (bicyclic) bond motifs is 1. The van der Waals surface area contributed by atoms with Gasteiger partial charge in [0, 0.05) is 29.2 Å².